The number of sulfonamides is 1. The molecule has 0 spiro atoms. The highest BCUT2D eigenvalue weighted by Crippen LogP contribution is 2.19. The Balaban J connectivity index is 2.74. The maximum Gasteiger partial charge on any atom is 0.258 e. The van der Waals surface area contributed by atoms with Crippen LogP contribution in [-0.2, 0) is 19.7 Å². The predicted octanol–water partition coefficient (Wildman–Crippen LogP) is 0.0462. The van der Waals surface area contributed by atoms with Crippen molar-refractivity contribution < 1.29 is 18.0 Å². The van der Waals surface area contributed by atoms with Gasteiger partial charge in [-0.2, -0.15) is 4.31 Å². The van der Waals surface area contributed by atoms with Crippen LogP contribution < -0.4 is 5.48 Å². The van der Waals surface area contributed by atoms with Crippen molar-refractivity contribution in [1.82, 2.24) is 9.79 Å². The molecule has 6 nitrogen and oxygen atoms in total. The highest BCUT2D eigenvalue weighted by atomic mass is 32.2. The topological polar surface area (TPSA) is 75.7 Å². The lowest BCUT2D eigenvalue weighted by Gasteiger charge is -2.14. The minimum Gasteiger partial charge on any atom is -0.277 e. The third-order valence-corrected chi connectivity index (χ3v) is 4.92. The van der Waals surface area contributed by atoms with Crippen molar-refractivity contribution in [2.24, 2.45) is 0 Å². The molecule has 8 heteroatoms. The summed E-state index contributed by atoms with van der Waals surface area (Å²) in [7, 11) is -0.953. The largest absolute Gasteiger partial charge is 0.277 e. The van der Waals surface area contributed by atoms with Gasteiger partial charge in [0.25, 0.3) is 15.9 Å². The maximum absolute atomic E-state index is 11.8. The summed E-state index contributed by atoms with van der Waals surface area (Å²) < 4.78 is 24.9. The smallest absolute Gasteiger partial charge is 0.258 e. The number of carbonyl (C=O) groups excluding carboxylic acids is 1. The first-order valence-corrected chi connectivity index (χ1v) is 6.62. The number of amides is 1. The molecule has 16 heavy (non-hydrogen) atoms. The van der Waals surface area contributed by atoms with Gasteiger partial charge in [0.05, 0.1) is 13.7 Å². The summed E-state index contributed by atoms with van der Waals surface area (Å²) in [4.78, 5) is 15.5. The third-order valence-electron chi connectivity index (χ3n) is 1.74. The van der Waals surface area contributed by atoms with Gasteiger partial charge in [-0.3, -0.25) is 9.63 Å². The average molecular weight is 264 g/mol. The van der Waals surface area contributed by atoms with Crippen LogP contribution in [0.25, 0.3) is 0 Å². The Bertz CT molecular complexity index is 441. The first-order chi connectivity index (χ1) is 7.48. The number of nitrogens with zero attached hydrogens (tertiary/aromatic N) is 1. The van der Waals surface area contributed by atoms with Gasteiger partial charge in [-0.25, -0.2) is 13.9 Å². The summed E-state index contributed by atoms with van der Waals surface area (Å²) in [5, 5.41) is 1.66. The van der Waals surface area contributed by atoms with Crippen LogP contribution in [0.2, 0.25) is 0 Å². The summed E-state index contributed by atoms with van der Waals surface area (Å²) in [6.45, 7) is -0.284. The summed E-state index contributed by atoms with van der Waals surface area (Å²) in [5.74, 6) is -0.523. The van der Waals surface area contributed by atoms with Crippen LogP contribution in [-0.4, -0.2) is 39.3 Å². The minimum atomic E-state index is -3.57. The summed E-state index contributed by atoms with van der Waals surface area (Å²) in [5.41, 5.74) is 2.05. The quantitative estimate of drug-likeness (QED) is 0.762. The molecule has 0 aliphatic rings. The molecule has 1 amide bonds. The molecule has 1 heterocycles. The van der Waals surface area contributed by atoms with Crippen LogP contribution in [0.15, 0.2) is 21.7 Å². The molecule has 1 N–H and O–H groups in total. The van der Waals surface area contributed by atoms with Crippen LogP contribution in [0.4, 0.5) is 0 Å². The molecule has 0 saturated carbocycles. The second kappa shape index (κ2) is 5.39. The Morgan fingerprint density at radius 3 is 2.81 bits per heavy atom. The van der Waals surface area contributed by atoms with Gasteiger partial charge in [0.2, 0.25) is 0 Å². The molecule has 0 bridgehead atoms. The normalized spacial score (nSPS) is 11.7. The molecular weight excluding hydrogens is 252 g/mol. The number of carbonyl (C=O) groups is 1. The monoisotopic (exact) mass is 264 g/mol. The molecule has 0 saturated heterocycles. The molecule has 0 unspecified atom stereocenters. The van der Waals surface area contributed by atoms with Crippen molar-refractivity contribution in [2.45, 2.75) is 4.21 Å². The number of likely N-dealkylation sites (N-methyl/N-ethyl adjacent to an activating group) is 1. The van der Waals surface area contributed by atoms with Gasteiger partial charge in [-0.1, -0.05) is 6.07 Å². The third kappa shape index (κ3) is 3.01. The van der Waals surface area contributed by atoms with Crippen molar-refractivity contribution in [3.63, 3.8) is 0 Å². The molecule has 1 rings (SSSR count). The molecular formula is C8H12N2O4S2. The summed E-state index contributed by atoms with van der Waals surface area (Å²) in [6.07, 6.45) is 0. The van der Waals surface area contributed by atoms with Crippen molar-refractivity contribution in [3.8, 4) is 0 Å². The van der Waals surface area contributed by atoms with Crippen LogP contribution in [0.3, 0.4) is 0 Å². The molecule has 0 atom stereocenters. The number of nitrogens with one attached hydrogen (secondary N) is 1. The fourth-order valence-electron chi connectivity index (χ4n) is 0.997. The van der Waals surface area contributed by atoms with E-state index in [4.69, 9.17) is 0 Å². The number of rotatable bonds is 5. The van der Waals surface area contributed by atoms with Gasteiger partial charge in [-0.15, -0.1) is 11.3 Å². The molecule has 1 aromatic rings. The van der Waals surface area contributed by atoms with Crippen molar-refractivity contribution in [3.05, 3.63) is 17.5 Å². The molecule has 1 aromatic heterocycles. The number of hydrogen-bond donors (Lipinski definition) is 1. The number of hydroxylamine groups is 1. The van der Waals surface area contributed by atoms with Gasteiger partial charge >= 0.3 is 0 Å². The average Bonchev–Trinajstić information content (AvgIpc) is 2.70. The van der Waals surface area contributed by atoms with E-state index in [2.05, 4.69) is 10.3 Å². The zero-order valence-electron chi connectivity index (χ0n) is 8.84. The minimum absolute atomic E-state index is 0.209. The highest BCUT2D eigenvalue weighted by Gasteiger charge is 2.23. The molecule has 0 radical (unpaired) electrons. The Morgan fingerprint density at radius 2 is 2.31 bits per heavy atom. The first kappa shape index (κ1) is 13.1. The zero-order valence-corrected chi connectivity index (χ0v) is 10.5. The van der Waals surface area contributed by atoms with Gasteiger partial charge in [0, 0.05) is 7.05 Å². The van der Waals surface area contributed by atoms with E-state index in [-0.39, 0.29) is 10.8 Å². The Kier molecular flexibility index (Phi) is 4.42. The van der Waals surface area contributed by atoms with Gasteiger partial charge < -0.3 is 0 Å². The van der Waals surface area contributed by atoms with Gasteiger partial charge in [0.1, 0.15) is 4.21 Å². The van der Waals surface area contributed by atoms with E-state index >= 15 is 0 Å². The molecule has 90 valence electrons. The summed E-state index contributed by atoms with van der Waals surface area (Å²) >= 11 is 1.11. The Morgan fingerprint density at radius 1 is 1.62 bits per heavy atom. The van der Waals surface area contributed by atoms with Crippen LogP contribution in [0.1, 0.15) is 0 Å². The van der Waals surface area contributed by atoms with Crippen molar-refractivity contribution in [1.29, 1.82) is 0 Å². The van der Waals surface area contributed by atoms with Crippen LogP contribution in [0.5, 0.6) is 0 Å². The Hall–Kier alpha value is -0.960. The van der Waals surface area contributed by atoms with E-state index < -0.39 is 15.9 Å². The number of thiophene rings is 1. The predicted molar refractivity (Wildman–Crippen MR) is 59.3 cm³/mol. The molecule has 0 fully saturated rings. The van der Waals surface area contributed by atoms with Crippen molar-refractivity contribution >= 4 is 27.3 Å². The van der Waals surface area contributed by atoms with Crippen LogP contribution >= 0.6 is 11.3 Å². The summed E-state index contributed by atoms with van der Waals surface area (Å²) in [6, 6.07) is 3.13. The van der Waals surface area contributed by atoms with E-state index in [1.54, 1.807) is 11.4 Å². The van der Waals surface area contributed by atoms with E-state index in [0.717, 1.165) is 15.6 Å². The maximum atomic E-state index is 11.8. The standard InChI is InChI=1S/C8H12N2O4S2/c1-10(6-7(11)9-14-2)16(12,13)8-4-3-5-15-8/h3-5H,6H2,1-2H3,(H,9,11). The van der Waals surface area contributed by atoms with Crippen molar-refractivity contribution in [2.75, 3.05) is 20.7 Å². The first-order valence-electron chi connectivity index (χ1n) is 4.30. The van der Waals surface area contributed by atoms with Crippen LogP contribution in [0, 0.1) is 0 Å². The lowest BCUT2D eigenvalue weighted by molar-refractivity contribution is -0.131. The highest BCUT2D eigenvalue weighted by molar-refractivity contribution is 7.91. The molecule has 0 aliphatic carbocycles. The van der Waals surface area contributed by atoms with Gasteiger partial charge in [0.15, 0.2) is 0 Å². The Labute approximate surface area is 97.8 Å². The van der Waals surface area contributed by atoms with E-state index in [9.17, 15) is 13.2 Å². The molecule has 0 aliphatic heterocycles. The second-order valence-corrected chi connectivity index (χ2v) is 6.14. The van der Waals surface area contributed by atoms with E-state index in [1.165, 1.54) is 20.2 Å². The fraction of sp³-hybridized carbons (Fsp3) is 0.375. The lowest BCUT2D eigenvalue weighted by Crippen LogP contribution is -2.37. The SMILES string of the molecule is CONC(=O)CN(C)S(=O)(=O)c1cccs1. The lowest BCUT2D eigenvalue weighted by atomic mass is 10.6. The number of hydrogen-bond acceptors (Lipinski definition) is 5. The van der Waals surface area contributed by atoms with E-state index in [1.807, 2.05) is 0 Å². The van der Waals surface area contributed by atoms with E-state index in [0.29, 0.717) is 0 Å². The van der Waals surface area contributed by atoms with Gasteiger partial charge in [-0.05, 0) is 11.4 Å². The second-order valence-electron chi connectivity index (χ2n) is 2.92. The fourth-order valence-corrected chi connectivity index (χ4v) is 3.33. The zero-order chi connectivity index (χ0) is 12.2. The molecule has 0 aromatic carbocycles.